The van der Waals surface area contributed by atoms with E-state index in [1.807, 2.05) is 6.07 Å². The lowest BCUT2D eigenvalue weighted by molar-refractivity contribution is 0.352. The SMILES string of the molecule is COc1ccc([C@@H]2CCCCN2)cc1OC.Cl. The van der Waals surface area contributed by atoms with Crippen LogP contribution in [0.1, 0.15) is 30.9 Å². The number of hydrogen-bond donors (Lipinski definition) is 1. The molecule has 0 unspecified atom stereocenters. The molecule has 1 aliphatic heterocycles. The predicted molar refractivity (Wildman–Crippen MR) is 71.4 cm³/mol. The maximum absolute atomic E-state index is 5.31. The highest BCUT2D eigenvalue weighted by atomic mass is 35.5. The first-order chi connectivity index (χ1) is 7.85. The van der Waals surface area contributed by atoms with Crippen molar-refractivity contribution in [3.63, 3.8) is 0 Å². The molecule has 0 spiro atoms. The highest BCUT2D eigenvalue weighted by Gasteiger charge is 2.16. The third-order valence-electron chi connectivity index (χ3n) is 3.12. The fraction of sp³-hybridized carbons (Fsp3) is 0.538. The molecule has 2 rings (SSSR count). The van der Waals surface area contributed by atoms with Gasteiger partial charge in [-0.2, -0.15) is 0 Å². The molecule has 0 saturated carbocycles. The highest BCUT2D eigenvalue weighted by molar-refractivity contribution is 5.85. The van der Waals surface area contributed by atoms with Gasteiger partial charge in [0.15, 0.2) is 11.5 Å². The van der Waals surface area contributed by atoms with Crippen molar-refractivity contribution < 1.29 is 9.47 Å². The zero-order valence-electron chi connectivity index (χ0n) is 10.4. The first-order valence-electron chi connectivity index (χ1n) is 5.80. The first kappa shape index (κ1) is 14.1. The smallest absolute Gasteiger partial charge is 0.161 e. The van der Waals surface area contributed by atoms with Crippen molar-refractivity contribution in [3.8, 4) is 11.5 Å². The molecule has 1 atom stereocenters. The van der Waals surface area contributed by atoms with Gasteiger partial charge in [0, 0.05) is 6.04 Å². The zero-order valence-corrected chi connectivity index (χ0v) is 11.2. The van der Waals surface area contributed by atoms with Gasteiger partial charge in [-0.25, -0.2) is 0 Å². The molecule has 96 valence electrons. The Labute approximate surface area is 109 Å². The molecule has 1 N–H and O–H groups in total. The van der Waals surface area contributed by atoms with Gasteiger partial charge in [-0.15, -0.1) is 12.4 Å². The van der Waals surface area contributed by atoms with Gasteiger partial charge in [0.1, 0.15) is 0 Å². The van der Waals surface area contributed by atoms with E-state index < -0.39 is 0 Å². The number of hydrogen-bond acceptors (Lipinski definition) is 3. The van der Waals surface area contributed by atoms with E-state index in [4.69, 9.17) is 9.47 Å². The minimum Gasteiger partial charge on any atom is -0.493 e. The third-order valence-corrected chi connectivity index (χ3v) is 3.12. The van der Waals surface area contributed by atoms with E-state index in [1.54, 1.807) is 14.2 Å². The monoisotopic (exact) mass is 257 g/mol. The zero-order chi connectivity index (χ0) is 11.4. The quantitative estimate of drug-likeness (QED) is 0.903. The summed E-state index contributed by atoms with van der Waals surface area (Å²) in [6.07, 6.45) is 3.78. The summed E-state index contributed by atoms with van der Waals surface area (Å²) >= 11 is 0. The van der Waals surface area contributed by atoms with Crippen LogP contribution in [0.3, 0.4) is 0 Å². The molecular formula is C13H20ClNO2. The van der Waals surface area contributed by atoms with Crippen LogP contribution in [0.15, 0.2) is 18.2 Å². The van der Waals surface area contributed by atoms with E-state index in [-0.39, 0.29) is 12.4 Å². The minimum absolute atomic E-state index is 0. The van der Waals surface area contributed by atoms with Gasteiger partial charge in [0.05, 0.1) is 14.2 Å². The van der Waals surface area contributed by atoms with Crippen LogP contribution in [0.4, 0.5) is 0 Å². The van der Waals surface area contributed by atoms with Crippen molar-refractivity contribution in [1.29, 1.82) is 0 Å². The summed E-state index contributed by atoms with van der Waals surface area (Å²) in [7, 11) is 3.34. The van der Waals surface area contributed by atoms with Crippen LogP contribution in [0, 0.1) is 0 Å². The standard InChI is InChI=1S/C13H19NO2.ClH/c1-15-12-7-6-10(9-13(12)16-2)11-5-3-4-8-14-11;/h6-7,9,11,14H,3-5,8H2,1-2H3;1H/t11-;/m0./s1. The Balaban J connectivity index is 0.00000144. The summed E-state index contributed by atoms with van der Waals surface area (Å²) in [5, 5.41) is 3.53. The van der Waals surface area contributed by atoms with Crippen molar-refractivity contribution >= 4 is 12.4 Å². The average Bonchev–Trinajstić information content (AvgIpc) is 2.39. The van der Waals surface area contributed by atoms with Crippen LogP contribution in [-0.2, 0) is 0 Å². The van der Waals surface area contributed by atoms with Gasteiger partial charge in [-0.1, -0.05) is 12.5 Å². The molecule has 3 nitrogen and oxygen atoms in total. The summed E-state index contributed by atoms with van der Waals surface area (Å²) in [4.78, 5) is 0. The van der Waals surface area contributed by atoms with E-state index >= 15 is 0 Å². The van der Waals surface area contributed by atoms with Gasteiger partial charge in [-0.3, -0.25) is 0 Å². The summed E-state index contributed by atoms with van der Waals surface area (Å²) in [6, 6.07) is 6.63. The van der Waals surface area contributed by atoms with Gasteiger partial charge < -0.3 is 14.8 Å². The number of methoxy groups -OCH3 is 2. The van der Waals surface area contributed by atoms with Crippen LogP contribution in [0.5, 0.6) is 11.5 Å². The highest BCUT2D eigenvalue weighted by Crippen LogP contribution is 2.32. The van der Waals surface area contributed by atoms with Crippen molar-refractivity contribution in [2.24, 2.45) is 0 Å². The molecule has 0 aliphatic carbocycles. The summed E-state index contributed by atoms with van der Waals surface area (Å²) < 4.78 is 10.5. The molecule has 0 bridgehead atoms. The Hall–Kier alpha value is -0.930. The van der Waals surface area contributed by atoms with Crippen LogP contribution >= 0.6 is 12.4 Å². The third kappa shape index (κ3) is 3.27. The molecule has 1 aromatic rings. The van der Waals surface area contributed by atoms with Gasteiger partial charge >= 0.3 is 0 Å². The van der Waals surface area contributed by atoms with Crippen molar-refractivity contribution in [1.82, 2.24) is 5.32 Å². The molecule has 17 heavy (non-hydrogen) atoms. The Kier molecular flexibility index (Phi) is 5.59. The van der Waals surface area contributed by atoms with E-state index in [2.05, 4.69) is 17.4 Å². The minimum atomic E-state index is 0. The lowest BCUT2D eigenvalue weighted by Crippen LogP contribution is -2.26. The number of piperidine rings is 1. The fourth-order valence-corrected chi connectivity index (χ4v) is 2.21. The van der Waals surface area contributed by atoms with E-state index in [0.717, 1.165) is 18.0 Å². The van der Waals surface area contributed by atoms with Crippen LogP contribution in [0.25, 0.3) is 0 Å². The Morgan fingerprint density at radius 2 is 1.88 bits per heavy atom. The number of benzene rings is 1. The van der Waals surface area contributed by atoms with Crippen LogP contribution in [0.2, 0.25) is 0 Å². The second kappa shape index (κ2) is 6.72. The lowest BCUT2D eigenvalue weighted by atomic mass is 9.97. The number of halogens is 1. The average molecular weight is 258 g/mol. The summed E-state index contributed by atoms with van der Waals surface area (Å²) in [5.74, 6) is 1.61. The van der Waals surface area contributed by atoms with Crippen molar-refractivity contribution in [2.45, 2.75) is 25.3 Å². The van der Waals surface area contributed by atoms with Crippen molar-refractivity contribution in [3.05, 3.63) is 23.8 Å². The molecule has 1 aromatic carbocycles. The number of nitrogens with one attached hydrogen (secondary N) is 1. The van der Waals surface area contributed by atoms with Crippen LogP contribution in [-0.4, -0.2) is 20.8 Å². The molecule has 0 aromatic heterocycles. The maximum atomic E-state index is 5.31. The van der Waals surface area contributed by atoms with Crippen LogP contribution < -0.4 is 14.8 Å². The summed E-state index contributed by atoms with van der Waals surface area (Å²) in [6.45, 7) is 1.11. The van der Waals surface area contributed by atoms with E-state index in [1.165, 1.54) is 24.8 Å². The van der Waals surface area contributed by atoms with E-state index in [9.17, 15) is 0 Å². The Morgan fingerprint density at radius 3 is 2.47 bits per heavy atom. The molecule has 1 heterocycles. The molecule has 0 radical (unpaired) electrons. The fourth-order valence-electron chi connectivity index (χ4n) is 2.21. The summed E-state index contributed by atoms with van der Waals surface area (Å²) in [5.41, 5.74) is 1.29. The first-order valence-corrected chi connectivity index (χ1v) is 5.80. The second-order valence-electron chi connectivity index (χ2n) is 4.12. The molecule has 0 amide bonds. The Bertz CT molecular complexity index is 351. The number of ether oxygens (including phenoxy) is 2. The van der Waals surface area contributed by atoms with Crippen molar-refractivity contribution in [2.75, 3.05) is 20.8 Å². The topological polar surface area (TPSA) is 30.5 Å². The molecule has 1 aliphatic rings. The predicted octanol–water partition coefficient (Wildman–Crippen LogP) is 2.94. The van der Waals surface area contributed by atoms with Gasteiger partial charge in [0.2, 0.25) is 0 Å². The lowest BCUT2D eigenvalue weighted by Gasteiger charge is -2.24. The molecular weight excluding hydrogens is 238 g/mol. The largest absolute Gasteiger partial charge is 0.493 e. The van der Waals surface area contributed by atoms with E-state index in [0.29, 0.717) is 6.04 Å². The van der Waals surface area contributed by atoms with Gasteiger partial charge in [0.25, 0.3) is 0 Å². The Morgan fingerprint density at radius 1 is 1.12 bits per heavy atom. The molecule has 4 heteroatoms. The number of rotatable bonds is 3. The molecule has 1 saturated heterocycles. The van der Waals surface area contributed by atoms with Gasteiger partial charge in [-0.05, 0) is 37.1 Å². The maximum Gasteiger partial charge on any atom is 0.161 e. The second-order valence-corrected chi connectivity index (χ2v) is 4.12. The normalized spacial score (nSPS) is 19.3. The molecule has 1 fully saturated rings.